The lowest BCUT2D eigenvalue weighted by molar-refractivity contribution is -0.139. The van der Waals surface area contributed by atoms with Gasteiger partial charge in [0.1, 0.15) is 0 Å². The van der Waals surface area contributed by atoms with Crippen LogP contribution < -0.4 is 25.5 Å². The highest BCUT2D eigenvalue weighted by atomic mass is 16.5. The van der Waals surface area contributed by atoms with Gasteiger partial charge >= 0.3 is 5.97 Å². The summed E-state index contributed by atoms with van der Waals surface area (Å²) >= 11 is 0. The Bertz CT molecular complexity index is 1290. The number of nitrogens with one attached hydrogen (secondary N) is 3. The van der Waals surface area contributed by atoms with E-state index >= 15 is 0 Å². The van der Waals surface area contributed by atoms with E-state index in [-0.39, 0.29) is 11.7 Å². The monoisotopic (exact) mass is 499 g/mol. The molecule has 0 bridgehead atoms. The van der Waals surface area contributed by atoms with Crippen molar-refractivity contribution < 1.29 is 19.4 Å². The second-order valence-electron chi connectivity index (χ2n) is 7.45. The number of hydrogen-bond donors (Lipinski definition) is 4. The van der Waals surface area contributed by atoms with Crippen LogP contribution in [0.2, 0.25) is 0 Å². The van der Waals surface area contributed by atoms with Gasteiger partial charge in [-0.15, -0.1) is 0 Å². The fourth-order valence-corrected chi connectivity index (χ4v) is 3.19. The summed E-state index contributed by atoms with van der Waals surface area (Å²) in [6, 6.07) is 24.2. The van der Waals surface area contributed by atoms with Gasteiger partial charge in [-0.25, -0.2) is 10.2 Å². The SMILES string of the molecule is CCOc1cccc(/C=N/Nc2nc(Nc3ccccc3)nc(Nc3ccccc3)n2)c1OCC(=O)O. The van der Waals surface area contributed by atoms with E-state index in [1.807, 2.05) is 67.6 Å². The lowest BCUT2D eigenvalue weighted by Crippen LogP contribution is -2.12. The van der Waals surface area contributed by atoms with Gasteiger partial charge in [0, 0.05) is 16.9 Å². The number of carboxylic acid groups (broad SMARTS) is 1. The number of hydrazone groups is 1. The van der Waals surface area contributed by atoms with Crippen LogP contribution in [0.5, 0.6) is 11.5 Å². The van der Waals surface area contributed by atoms with E-state index in [4.69, 9.17) is 14.6 Å². The topological polar surface area (TPSA) is 143 Å². The van der Waals surface area contributed by atoms with Crippen molar-refractivity contribution in [1.29, 1.82) is 0 Å². The molecule has 0 amide bonds. The third-order valence-electron chi connectivity index (χ3n) is 4.71. The van der Waals surface area contributed by atoms with Crippen molar-refractivity contribution in [3.05, 3.63) is 84.4 Å². The molecule has 0 unspecified atom stereocenters. The van der Waals surface area contributed by atoms with Crippen molar-refractivity contribution in [1.82, 2.24) is 15.0 Å². The molecule has 0 radical (unpaired) electrons. The Labute approximate surface area is 213 Å². The first kappa shape index (κ1) is 24.9. The fourth-order valence-electron chi connectivity index (χ4n) is 3.19. The zero-order valence-corrected chi connectivity index (χ0v) is 20.0. The summed E-state index contributed by atoms with van der Waals surface area (Å²) in [4.78, 5) is 24.3. The molecule has 1 heterocycles. The van der Waals surface area contributed by atoms with Gasteiger partial charge in [-0.3, -0.25) is 0 Å². The Morgan fingerprint density at radius 1 is 0.838 bits per heavy atom. The average molecular weight is 500 g/mol. The summed E-state index contributed by atoms with van der Waals surface area (Å²) in [7, 11) is 0. The van der Waals surface area contributed by atoms with Crippen LogP contribution in [0.15, 0.2) is 84.0 Å². The van der Waals surface area contributed by atoms with Crippen LogP contribution in [0.25, 0.3) is 0 Å². The maximum atomic E-state index is 11.0. The van der Waals surface area contributed by atoms with E-state index in [1.165, 1.54) is 6.21 Å². The number of carboxylic acids is 1. The van der Waals surface area contributed by atoms with E-state index in [0.717, 1.165) is 11.4 Å². The molecule has 4 rings (SSSR count). The smallest absolute Gasteiger partial charge is 0.341 e. The Hall–Kier alpha value is -5.19. The predicted octanol–water partition coefficient (Wildman–Crippen LogP) is 4.67. The van der Waals surface area contributed by atoms with Crippen LogP contribution in [0.4, 0.5) is 29.2 Å². The maximum absolute atomic E-state index is 11.0. The van der Waals surface area contributed by atoms with E-state index in [1.54, 1.807) is 18.2 Å². The van der Waals surface area contributed by atoms with Crippen molar-refractivity contribution in [2.45, 2.75) is 6.92 Å². The van der Waals surface area contributed by atoms with Gasteiger partial charge in [0.05, 0.1) is 12.8 Å². The lowest BCUT2D eigenvalue weighted by atomic mass is 10.2. The van der Waals surface area contributed by atoms with Crippen LogP contribution in [0.1, 0.15) is 12.5 Å². The number of aliphatic carboxylic acids is 1. The van der Waals surface area contributed by atoms with Gasteiger partial charge in [-0.1, -0.05) is 42.5 Å². The first-order valence-electron chi connectivity index (χ1n) is 11.4. The highest BCUT2D eigenvalue weighted by Gasteiger charge is 2.12. The minimum Gasteiger partial charge on any atom is -0.490 e. The fraction of sp³-hybridized carbons (Fsp3) is 0.115. The van der Waals surface area contributed by atoms with Crippen molar-refractivity contribution in [2.24, 2.45) is 5.10 Å². The molecule has 3 aromatic carbocycles. The summed E-state index contributed by atoms with van der Waals surface area (Å²) in [5.74, 6) is 0.371. The van der Waals surface area contributed by atoms with E-state index in [9.17, 15) is 4.79 Å². The molecule has 11 nitrogen and oxygen atoms in total. The van der Waals surface area contributed by atoms with Crippen LogP contribution in [-0.2, 0) is 4.79 Å². The van der Waals surface area contributed by atoms with Crippen molar-refractivity contribution >= 4 is 41.4 Å². The molecule has 4 N–H and O–H groups in total. The van der Waals surface area contributed by atoms with E-state index in [2.05, 4.69) is 36.1 Å². The maximum Gasteiger partial charge on any atom is 0.341 e. The number of rotatable bonds is 12. The van der Waals surface area contributed by atoms with Gasteiger partial charge in [0.15, 0.2) is 18.1 Å². The van der Waals surface area contributed by atoms with Gasteiger partial charge in [0.25, 0.3) is 0 Å². The molecule has 0 atom stereocenters. The van der Waals surface area contributed by atoms with Gasteiger partial charge in [-0.2, -0.15) is 20.1 Å². The Morgan fingerprint density at radius 2 is 1.43 bits per heavy atom. The van der Waals surface area contributed by atoms with Crippen LogP contribution in [-0.4, -0.2) is 45.5 Å². The molecular weight excluding hydrogens is 474 g/mol. The van der Waals surface area contributed by atoms with E-state index in [0.29, 0.717) is 29.8 Å². The molecule has 0 aliphatic heterocycles. The number of aromatic nitrogens is 3. The molecule has 0 saturated carbocycles. The Kier molecular flexibility index (Phi) is 8.42. The molecule has 37 heavy (non-hydrogen) atoms. The third kappa shape index (κ3) is 7.39. The summed E-state index contributed by atoms with van der Waals surface area (Å²) in [6.07, 6.45) is 1.47. The largest absolute Gasteiger partial charge is 0.490 e. The second-order valence-corrected chi connectivity index (χ2v) is 7.45. The number of carbonyl (C=O) groups is 1. The number of nitrogens with zero attached hydrogens (tertiary/aromatic N) is 4. The van der Waals surface area contributed by atoms with Gasteiger partial charge in [-0.05, 0) is 43.3 Å². The van der Waals surface area contributed by atoms with Crippen molar-refractivity contribution in [3.8, 4) is 11.5 Å². The molecule has 0 spiro atoms. The standard InChI is InChI=1S/C26H25N7O4/c1-2-36-21-15-9-10-18(23(21)37-17-22(34)35)16-27-33-26-31-24(28-19-11-5-3-6-12-19)30-25(32-26)29-20-13-7-4-8-14-20/h3-16H,2,17H2,1H3,(H,34,35)(H3,28,29,30,31,32,33)/b27-16+. The summed E-state index contributed by atoms with van der Waals surface area (Å²) in [6.45, 7) is 1.70. The normalized spacial score (nSPS) is 10.6. The van der Waals surface area contributed by atoms with Gasteiger partial charge < -0.3 is 25.2 Å². The first-order chi connectivity index (χ1) is 18.1. The number of hydrogen-bond acceptors (Lipinski definition) is 10. The molecule has 0 aliphatic carbocycles. The highest BCUT2D eigenvalue weighted by Crippen LogP contribution is 2.30. The molecule has 0 fully saturated rings. The zero-order valence-electron chi connectivity index (χ0n) is 20.0. The molecule has 188 valence electrons. The summed E-state index contributed by atoms with van der Waals surface area (Å²) < 4.78 is 11.0. The van der Waals surface area contributed by atoms with Crippen molar-refractivity contribution in [3.63, 3.8) is 0 Å². The number of ether oxygens (including phenoxy) is 2. The highest BCUT2D eigenvalue weighted by molar-refractivity contribution is 5.85. The summed E-state index contributed by atoms with van der Waals surface area (Å²) in [5, 5.41) is 19.6. The number of anilines is 5. The minimum atomic E-state index is -1.10. The number of benzene rings is 3. The predicted molar refractivity (Wildman–Crippen MR) is 141 cm³/mol. The first-order valence-corrected chi connectivity index (χ1v) is 11.4. The number of para-hydroxylation sites is 3. The summed E-state index contributed by atoms with van der Waals surface area (Å²) in [5.41, 5.74) is 4.93. The molecular formula is C26H25N7O4. The van der Waals surface area contributed by atoms with Crippen LogP contribution in [0, 0.1) is 0 Å². The lowest BCUT2D eigenvalue weighted by Gasteiger charge is -2.13. The van der Waals surface area contributed by atoms with Crippen molar-refractivity contribution in [2.75, 3.05) is 29.3 Å². The average Bonchev–Trinajstić information content (AvgIpc) is 2.89. The zero-order chi connectivity index (χ0) is 25.9. The Balaban J connectivity index is 1.58. The Morgan fingerprint density at radius 3 is 2.00 bits per heavy atom. The quantitative estimate of drug-likeness (QED) is 0.160. The molecule has 0 aliphatic rings. The molecule has 1 aromatic heterocycles. The molecule has 11 heteroatoms. The van der Waals surface area contributed by atoms with Crippen LogP contribution >= 0.6 is 0 Å². The minimum absolute atomic E-state index is 0.178. The molecule has 4 aromatic rings. The second kappa shape index (κ2) is 12.5. The van der Waals surface area contributed by atoms with Crippen LogP contribution in [0.3, 0.4) is 0 Å². The van der Waals surface area contributed by atoms with Gasteiger partial charge in [0.2, 0.25) is 17.8 Å². The van der Waals surface area contributed by atoms with E-state index < -0.39 is 12.6 Å². The third-order valence-corrected chi connectivity index (χ3v) is 4.71. The molecule has 0 saturated heterocycles.